The minimum Gasteiger partial charge on any atom is -0.482 e. The highest BCUT2D eigenvalue weighted by molar-refractivity contribution is 6.32. The number of halogens is 1. The lowest BCUT2D eigenvalue weighted by Crippen LogP contribution is -2.27. The average Bonchev–Trinajstić information content (AvgIpc) is 3.40. The predicted octanol–water partition coefficient (Wildman–Crippen LogP) is 3.15. The zero-order chi connectivity index (χ0) is 27.8. The lowest BCUT2D eigenvalue weighted by molar-refractivity contribution is -0.111. The van der Waals surface area contributed by atoms with Gasteiger partial charge < -0.3 is 34.7 Å². The lowest BCUT2D eigenvalue weighted by atomic mass is 9.91. The Morgan fingerprint density at radius 3 is 2.36 bits per heavy atom. The summed E-state index contributed by atoms with van der Waals surface area (Å²) in [6.45, 7) is 6.48. The number of aliphatic hydroxyl groups is 1. The molecule has 2 aromatic rings. The molecule has 2 amide bonds. The summed E-state index contributed by atoms with van der Waals surface area (Å²) in [6, 6.07) is 11.3. The fraction of sp³-hybridized carbons (Fsp3) is 0.379. The van der Waals surface area contributed by atoms with E-state index in [0.29, 0.717) is 74.3 Å². The van der Waals surface area contributed by atoms with Gasteiger partial charge in [0.05, 0.1) is 57.5 Å². The molecule has 0 aromatic heterocycles. The molecule has 2 aliphatic rings. The summed E-state index contributed by atoms with van der Waals surface area (Å²) in [5.41, 5.74) is 2.88. The van der Waals surface area contributed by atoms with E-state index in [2.05, 4.69) is 10.6 Å². The maximum atomic E-state index is 13.6. The van der Waals surface area contributed by atoms with Crippen LogP contribution in [0.15, 0.2) is 54.3 Å². The van der Waals surface area contributed by atoms with Crippen LogP contribution in [0, 0.1) is 5.82 Å². The molecule has 0 radical (unpaired) electrons. The number of amides is 2. The van der Waals surface area contributed by atoms with Crippen LogP contribution >= 0.6 is 0 Å². The molecule has 3 N–H and O–H groups in total. The first-order valence-electron chi connectivity index (χ1n) is 12.8. The molecule has 208 valence electrons. The molecular formula is C29H33FN2O7. The fourth-order valence-corrected chi connectivity index (χ4v) is 4.35. The average molecular weight is 541 g/mol. The van der Waals surface area contributed by atoms with Gasteiger partial charge in [-0.05, 0) is 55.8 Å². The molecule has 2 aromatic carbocycles. The van der Waals surface area contributed by atoms with Crippen molar-refractivity contribution in [2.24, 2.45) is 0 Å². The highest BCUT2D eigenvalue weighted by atomic mass is 19.1. The molecule has 0 saturated heterocycles. The number of hydrogen-bond acceptors (Lipinski definition) is 7. The Labute approximate surface area is 226 Å². The molecule has 0 atom stereocenters. The number of benzene rings is 2. The first-order chi connectivity index (χ1) is 18.8. The van der Waals surface area contributed by atoms with Gasteiger partial charge in [0.2, 0.25) is 0 Å². The molecule has 0 aliphatic carbocycles. The van der Waals surface area contributed by atoms with Crippen LogP contribution in [0.3, 0.4) is 0 Å². The van der Waals surface area contributed by atoms with E-state index in [-0.39, 0.29) is 18.4 Å². The standard InChI is InChI=1S/C29H33FN2O7/c1-29(2)23(18-25(39-29)26-22-8-7-21(30)17-24(22)32-28(26)35)19-3-5-20(6-4-19)27(34)31-9-11-36-13-15-38-16-14-37-12-10-33/h3-8,17-18,33H,9-16H2,1-2H3,(H,31,34)(H,32,35)/b26-25-. The van der Waals surface area contributed by atoms with Gasteiger partial charge in [-0.15, -0.1) is 0 Å². The molecule has 10 heteroatoms. The minimum absolute atomic E-state index is 0.00859. The molecule has 0 saturated carbocycles. The van der Waals surface area contributed by atoms with E-state index in [1.54, 1.807) is 18.2 Å². The van der Waals surface area contributed by atoms with Crippen molar-refractivity contribution in [2.45, 2.75) is 19.4 Å². The SMILES string of the molecule is CC1(C)O/C(=C2\C(=O)Nc3cc(F)ccc32)C=C1c1ccc(C(=O)NCCOCCOCCOCCO)cc1. The number of carbonyl (C=O) groups is 2. The van der Waals surface area contributed by atoms with Crippen LogP contribution in [0.25, 0.3) is 11.1 Å². The number of hydrogen-bond donors (Lipinski definition) is 3. The number of anilines is 1. The van der Waals surface area contributed by atoms with Crippen LogP contribution in [0.5, 0.6) is 0 Å². The molecule has 39 heavy (non-hydrogen) atoms. The van der Waals surface area contributed by atoms with Gasteiger partial charge in [0, 0.05) is 23.2 Å². The number of carbonyl (C=O) groups excluding carboxylic acids is 2. The highest BCUT2D eigenvalue weighted by Gasteiger charge is 2.38. The van der Waals surface area contributed by atoms with Crippen molar-refractivity contribution in [2.75, 3.05) is 58.1 Å². The lowest BCUT2D eigenvalue weighted by Gasteiger charge is -2.23. The Bertz CT molecular complexity index is 1250. The van der Waals surface area contributed by atoms with Crippen molar-refractivity contribution >= 4 is 28.6 Å². The van der Waals surface area contributed by atoms with E-state index in [0.717, 1.165) is 11.1 Å². The van der Waals surface area contributed by atoms with Crippen molar-refractivity contribution < 1.29 is 38.0 Å². The van der Waals surface area contributed by atoms with E-state index in [1.165, 1.54) is 12.1 Å². The second kappa shape index (κ2) is 13.0. The Kier molecular flexibility index (Phi) is 9.47. The summed E-state index contributed by atoms with van der Waals surface area (Å²) >= 11 is 0. The van der Waals surface area contributed by atoms with Crippen molar-refractivity contribution in [3.63, 3.8) is 0 Å². The number of aliphatic hydroxyl groups excluding tert-OH is 1. The van der Waals surface area contributed by atoms with Crippen LogP contribution in [-0.2, 0) is 23.7 Å². The monoisotopic (exact) mass is 540 g/mol. The number of allylic oxidation sites excluding steroid dienone is 1. The zero-order valence-corrected chi connectivity index (χ0v) is 22.1. The van der Waals surface area contributed by atoms with Crippen molar-refractivity contribution in [1.82, 2.24) is 5.32 Å². The first kappa shape index (κ1) is 28.4. The Morgan fingerprint density at radius 2 is 1.67 bits per heavy atom. The third kappa shape index (κ3) is 7.10. The number of fused-ring (bicyclic) bond motifs is 1. The van der Waals surface area contributed by atoms with E-state index < -0.39 is 11.4 Å². The molecule has 0 bridgehead atoms. The summed E-state index contributed by atoms with van der Waals surface area (Å²) in [5, 5.41) is 14.1. The van der Waals surface area contributed by atoms with E-state index in [9.17, 15) is 14.0 Å². The highest BCUT2D eigenvalue weighted by Crippen LogP contribution is 2.44. The molecule has 0 unspecified atom stereocenters. The molecule has 9 nitrogen and oxygen atoms in total. The largest absolute Gasteiger partial charge is 0.482 e. The van der Waals surface area contributed by atoms with Crippen LogP contribution < -0.4 is 10.6 Å². The number of ether oxygens (including phenoxy) is 4. The maximum absolute atomic E-state index is 13.6. The summed E-state index contributed by atoms with van der Waals surface area (Å²) in [4.78, 5) is 25.2. The van der Waals surface area contributed by atoms with Gasteiger partial charge in [0.1, 0.15) is 17.2 Å². The third-order valence-electron chi connectivity index (χ3n) is 6.23. The van der Waals surface area contributed by atoms with E-state index in [1.807, 2.05) is 32.1 Å². The van der Waals surface area contributed by atoms with Gasteiger partial charge >= 0.3 is 0 Å². The van der Waals surface area contributed by atoms with Crippen LogP contribution in [0.1, 0.15) is 35.3 Å². The second-order valence-electron chi connectivity index (χ2n) is 9.45. The molecule has 0 fully saturated rings. The summed E-state index contributed by atoms with van der Waals surface area (Å²) in [5.74, 6) is -0.567. The molecule has 2 aliphatic heterocycles. The van der Waals surface area contributed by atoms with E-state index in [4.69, 9.17) is 24.1 Å². The topological polar surface area (TPSA) is 115 Å². The fourth-order valence-electron chi connectivity index (χ4n) is 4.35. The second-order valence-corrected chi connectivity index (χ2v) is 9.45. The predicted molar refractivity (Wildman–Crippen MR) is 143 cm³/mol. The molecular weight excluding hydrogens is 507 g/mol. The quantitative estimate of drug-likeness (QED) is 0.264. The molecule has 0 spiro atoms. The van der Waals surface area contributed by atoms with Gasteiger partial charge in [0.25, 0.3) is 11.8 Å². The smallest absolute Gasteiger partial charge is 0.260 e. The normalized spacial score (nSPS) is 17.4. The summed E-state index contributed by atoms with van der Waals surface area (Å²) < 4.78 is 35.7. The van der Waals surface area contributed by atoms with Gasteiger partial charge in [-0.25, -0.2) is 4.39 Å². The number of nitrogens with one attached hydrogen (secondary N) is 2. The van der Waals surface area contributed by atoms with Crippen molar-refractivity contribution in [3.05, 3.63) is 76.8 Å². The van der Waals surface area contributed by atoms with Crippen LogP contribution in [-0.4, -0.2) is 75.3 Å². The van der Waals surface area contributed by atoms with E-state index >= 15 is 0 Å². The van der Waals surface area contributed by atoms with Gasteiger partial charge in [-0.2, -0.15) is 0 Å². The summed E-state index contributed by atoms with van der Waals surface area (Å²) in [7, 11) is 0. The van der Waals surface area contributed by atoms with Crippen molar-refractivity contribution in [3.8, 4) is 0 Å². The van der Waals surface area contributed by atoms with Gasteiger partial charge in [0.15, 0.2) is 0 Å². The van der Waals surface area contributed by atoms with Crippen LogP contribution in [0.2, 0.25) is 0 Å². The maximum Gasteiger partial charge on any atom is 0.260 e. The van der Waals surface area contributed by atoms with Gasteiger partial charge in [-0.1, -0.05) is 12.1 Å². The summed E-state index contributed by atoms with van der Waals surface area (Å²) in [6.07, 6.45) is 1.83. The Balaban J connectivity index is 1.30. The zero-order valence-electron chi connectivity index (χ0n) is 22.1. The number of rotatable bonds is 13. The van der Waals surface area contributed by atoms with Crippen molar-refractivity contribution in [1.29, 1.82) is 0 Å². The first-order valence-corrected chi connectivity index (χ1v) is 12.8. The molecule has 2 heterocycles. The third-order valence-corrected chi connectivity index (χ3v) is 6.23. The van der Waals surface area contributed by atoms with Gasteiger partial charge in [-0.3, -0.25) is 9.59 Å². The van der Waals surface area contributed by atoms with Crippen LogP contribution in [0.4, 0.5) is 10.1 Å². The Morgan fingerprint density at radius 1 is 1.00 bits per heavy atom. The Hall–Kier alpha value is -3.57. The minimum atomic E-state index is -0.720. The molecule has 4 rings (SSSR count).